The Morgan fingerprint density at radius 2 is 2.07 bits per heavy atom. The van der Waals surface area contributed by atoms with Crippen LogP contribution in [0.4, 0.5) is 0 Å². The Hall–Kier alpha value is -2.57. The number of ketones is 1. The first-order valence-corrected chi connectivity index (χ1v) is 9.94. The van der Waals surface area contributed by atoms with Crippen molar-refractivity contribution in [1.29, 1.82) is 0 Å². The lowest BCUT2D eigenvalue weighted by Crippen LogP contribution is -2.14. The molecule has 7 heteroatoms. The third kappa shape index (κ3) is 4.29. The summed E-state index contributed by atoms with van der Waals surface area (Å²) in [6.07, 6.45) is 1.77. The normalized spacial score (nSPS) is 11.8. The second-order valence-corrected chi connectivity index (χ2v) is 7.78. The fourth-order valence-electron chi connectivity index (χ4n) is 2.79. The van der Waals surface area contributed by atoms with Crippen LogP contribution in [-0.4, -0.2) is 32.9 Å². The molecule has 0 amide bonds. The maximum absolute atomic E-state index is 12.8. The summed E-state index contributed by atoms with van der Waals surface area (Å²) in [7, 11) is 1.62. The summed E-state index contributed by atoms with van der Waals surface area (Å²) >= 11 is 7.37. The van der Waals surface area contributed by atoms with Crippen molar-refractivity contribution < 1.29 is 9.53 Å². The Kier molecular flexibility index (Phi) is 6.54. The van der Waals surface area contributed by atoms with Crippen LogP contribution in [0.3, 0.4) is 0 Å². The van der Waals surface area contributed by atoms with Crippen molar-refractivity contribution in [2.24, 2.45) is 0 Å². The molecule has 28 heavy (non-hydrogen) atoms. The number of hydrogen-bond donors (Lipinski definition) is 0. The molecule has 0 fully saturated rings. The molecule has 1 heterocycles. The van der Waals surface area contributed by atoms with Gasteiger partial charge in [-0.15, -0.1) is 16.8 Å². The van der Waals surface area contributed by atoms with Crippen LogP contribution in [0.25, 0.3) is 11.4 Å². The number of aromatic nitrogens is 3. The minimum absolute atomic E-state index is 0.0144. The highest BCUT2D eigenvalue weighted by molar-refractivity contribution is 8.00. The largest absolute Gasteiger partial charge is 0.496 e. The number of allylic oxidation sites excluding steroid dienone is 1. The van der Waals surface area contributed by atoms with Crippen molar-refractivity contribution in [2.75, 3.05) is 7.11 Å². The molecule has 0 saturated carbocycles. The van der Waals surface area contributed by atoms with Gasteiger partial charge < -0.3 is 4.74 Å². The monoisotopic (exact) mass is 413 g/mol. The first-order valence-electron chi connectivity index (χ1n) is 8.69. The number of halogens is 1. The minimum atomic E-state index is -0.350. The molecular weight excluding hydrogens is 394 g/mol. The molecule has 1 atom stereocenters. The number of rotatable bonds is 8. The molecule has 0 spiro atoms. The van der Waals surface area contributed by atoms with Crippen LogP contribution >= 0.6 is 23.4 Å². The van der Waals surface area contributed by atoms with Gasteiger partial charge >= 0.3 is 0 Å². The number of carbonyl (C=O) groups excluding carboxylic acids is 1. The Morgan fingerprint density at radius 3 is 2.79 bits per heavy atom. The lowest BCUT2D eigenvalue weighted by atomic mass is 10.1. The van der Waals surface area contributed by atoms with Crippen LogP contribution in [0.1, 0.15) is 17.3 Å². The molecule has 3 rings (SSSR count). The molecule has 144 valence electrons. The average Bonchev–Trinajstić information content (AvgIpc) is 3.09. The highest BCUT2D eigenvalue weighted by Gasteiger charge is 2.22. The molecule has 0 aliphatic heterocycles. The number of nitrogens with zero attached hydrogens (tertiary/aromatic N) is 3. The zero-order valence-electron chi connectivity index (χ0n) is 15.6. The highest BCUT2D eigenvalue weighted by Crippen LogP contribution is 2.32. The Labute approximate surface area is 173 Å². The summed E-state index contributed by atoms with van der Waals surface area (Å²) in [5.74, 6) is 1.36. The van der Waals surface area contributed by atoms with Gasteiger partial charge in [0.2, 0.25) is 0 Å². The molecule has 0 radical (unpaired) electrons. The number of benzene rings is 2. The van der Waals surface area contributed by atoms with Gasteiger partial charge in [0.05, 0.1) is 17.9 Å². The lowest BCUT2D eigenvalue weighted by molar-refractivity contribution is 0.0994. The SMILES string of the molecule is C=CCn1c(SC(C)C(=O)c2cccc(Cl)c2)nnc1-c1ccccc1OC. The molecule has 3 aromatic rings. The maximum Gasteiger partial charge on any atom is 0.192 e. The van der Waals surface area contributed by atoms with Crippen molar-refractivity contribution in [3.63, 3.8) is 0 Å². The second-order valence-electron chi connectivity index (χ2n) is 6.04. The molecule has 0 aliphatic carbocycles. The van der Waals surface area contributed by atoms with Crippen molar-refractivity contribution in [2.45, 2.75) is 23.9 Å². The number of thioether (sulfide) groups is 1. The smallest absolute Gasteiger partial charge is 0.192 e. The zero-order valence-corrected chi connectivity index (χ0v) is 17.2. The molecule has 0 N–H and O–H groups in total. The number of carbonyl (C=O) groups is 1. The molecule has 1 aromatic heterocycles. The fourth-order valence-corrected chi connectivity index (χ4v) is 3.91. The number of hydrogen-bond acceptors (Lipinski definition) is 5. The minimum Gasteiger partial charge on any atom is -0.496 e. The molecule has 2 aromatic carbocycles. The van der Waals surface area contributed by atoms with E-state index in [4.69, 9.17) is 16.3 Å². The third-order valence-electron chi connectivity index (χ3n) is 4.14. The summed E-state index contributed by atoms with van der Waals surface area (Å²) in [6, 6.07) is 14.6. The van der Waals surface area contributed by atoms with E-state index in [0.717, 1.165) is 5.56 Å². The van der Waals surface area contributed by atoms with E-state index < -0.39 is 0 Å². The van der Waals surface area contributed by atoms with Crippen LogP contribution in [0.5, 0.6) is 5.75 Å². The van der Waals surface area contributed by atoms with Gasteiger partial charge in [-0.2, -0.15) is 0 Å². The molecule has 1 unspecified atom stereocenters. The van der Waals surface area contributed by atoms with Gasteiger partial charge in [-0.3, -0.25) is 9.36 Å². The van der Waals surface area contributed by atoms with Crippen molar-refractivity contribution in [3.05, 3.63) is 71.8 Å². The number of ether oxygens (including phenoxy) is 1. The molecule has 5 nitrogen and oxygen atoms in total. The van der Waals surface area contributed by atoms with Crippen LogP contribution in [0.2, 0.25) is 5.02 Å². The van der Waals surface area contributed by atoms with Crippen molar-refractivity contribution in [3.8, 4) is 17.1 Å². The Bertz CT molecular complexity index is 1000. The zero-order chi connectivity index (χ0) is 20.1. The summed E-state index contributed by atoms with van der Waals surface area (Å²) in [5, 5.41) is 9.49. The summed E-state index contributed by atoms with van der Waals surface area (Å²) < 4.78 is 7.38. The van der Waals surface area contributed by atoms with E-state index in [0.29, 0.717) is 33.9 Å². The predicted molar refractivity (Wildman–Crippen MR) is 113 cm³/mol. The van der Waals surface area contributed by atoms with Crippen molar-refractivity contribution >= 4 is 29.1 Å². The van der Waals surface area contributed by atoms with Gasteiger partial charge in [0, 0.05) is 17.1 Å². The average molecular weight is 414 g/mol. The molecular formula is C21H20ClN3O2S. The van der Waals surface area contributed by atoms with E-state index in [1.54, 1.807) is 37.5 Å². The van der Waals surface area contributed by atoms with Crippen molar-refractivity contribution in [1.82, 2.24) is 14.8 Å². The summed E-state index contributed by atoms with van der Waals surface area (Å²) in [4.78, 5) is 12.8. The first kappa shape index (κ1) is 20.2. The Balaban J connectivity index is 1.91. The van der Waals surface area contributed by atoms with E-state index in [2.05, 4.69) is 16.8 Å². The predicted octanol–water partition coefficient (Wildman–Crippen LogP) is 5.16. The molecule has 0 saturated heterocycles. The lowest BCUT2D eigenvalue weighted by Gasteiger charge is -2.13. The van der Waals surface area contributed by atoms with Gasteiger partial charge in [0.25, 0.3) is 0 Å². The van der Waals surface area contributed by atoms with Crippen LogP contribution < -0.4 is 4.74 Å². The van der Waals surface area contributed by atoms with Gasteiger partial charge in [0.15, 0.2) is 16.8 Å². The van der Waals surface area contributed by atoms with Crippen LogP contribution in [-0.2, 0) is 6.54 Å². The number of methoxy groups -OCH3 is 1. The second kappa shape index (κ2) is 9.08. The summed E-state index contributed by atoms with van der Waals surface area (Å²) in [5.41, 5.74) is 1.41. The highest BCUT2D eigenvalue weighted by atomic mass is 35.5. The van der Waals surface area contributed by atoms with Gasteiger partial charge in [-0.1, -0.05) is 53.7 Å². The maximum atomic E-state index is 12.8. The van der Waals surface area contributed by atoms with Gasteiger partial charge in [-0.05, 0) is 31.2 Å². The van der Waals surface area contributed by atoms with Crippen LogP contribution in [0.15, 0.2) is 66.3 Å². The third-order valence-corrected chi connectivity index (χ3v) is 5.45. The topological polar surface area (TPSA) is 57.0 Å². The Morgan fingerprint density at radius 1 is 1.29 bits per heavy atom. The number of Topliss-reactive ketones (excluding diaryl/α,β-unsaturated/α-hetero) is 1. The van der Waals surface area contributed by atoms with E-state index in [1.165, 1.54) is 11.8 Å². The molecule has 0 bridgehead atoms. The number of para-hydroxylation sites is 1. The summed E-state index contributed by atoms with van der Waals surface area (Å²) in [6.45, 7) is 6.19. The fraction of sp³-hybridized carbons (Fsp3) is 0.190. The first-order chi connectivity index (χ1) is 13.5. The van der Waals surface area contributed by atoms with E-state index in [9.17, 15) is 4.79 Å². The standard InChI is InChI=1S/C21H20ClN3O2S/c1-4-12-25-20(17-10-5-6-11-18(17)27-3)23-24-21(25)28-14(2)19(26)15-8-7-9-16(22)13-15/h4-11,13-14H,1,12H2,2-3H3. The van der Waals surface area contributed by atoms with E-state index in [1.807, 2.05) is 35.8 Å². The quantitative estimate of drug-likeness (QED) is 0.290. The van der Waals surface area contributed by atoms with Crippen LogP contribution in [0, 0.1) is 0 Å². The van der Waals surface area contributed by atoms with Gasteiger partial charge in [0.1, 0.15) is 5.75 Å². The van der Waals surface area contributed by atoms with E-state index in [-0.39, 0.29) is 11.0 Å². The van der Waals surface area contributed by atoms with Gasteiger partial charge in [-0.25, -0.2) is 0 Å². The van der Waals surface area contributed by atoms with E-state index >= 15 is 0 Å². The molecule has 0 aliphatic rings.